The molecule has 2 bridgehead atoms. The van der Waals surface area contributed by atoms with Gasteiger partial charge >= 0.3 is 0 Å². The molecule has 7 unspecified atom stereocenters. The third-order valence-electron chi connectivity index (χ3n) is 11.2. The number of carbonyl (C=O) groups is 2. The van der Waals surface area contributed by atoms with Gasteiger partial charge < -0.3 is 26.2 Å². The number of aliphatic hydroxyl groups excluding tert-OH is 1. The molecule has 5 N–H and O–H groups in total. The lowest BCUT2D eigenvalue weighted by Crippen LogP contribution is -2.73. The third-order valence-corrected chi connectivity index (χ3v) is 11.5. The lowest BCUT2D eigenvalue weighted by atomic mass is 9.36. The van der Waals surface area contributed by atoms with Crippen molar-refractivity contribution in [2.45, 2.75) is 88.6 Å². The molecular formula is C30H43ClN4O4. The summed E-state index contributed by atoms with van der Waals surface area (Å²) in [5.41, 5.74) is 6.59. The summed E-state index contributed by atoms with van der Waals surface area (Å²) in [6.45, 7) is 7.08. The minimum atomic E-state index is -0.864. The summed E-state index contributed by atoms with van der Waals surface area (Å²) >= 11 is 6.36. The van der Waals surface area contributed by atoms with Crippen LogP contribution in [0.1, 0.15) is 59.3 Å². The molecule has 4 saturated carbocycles. The molecule has 39 heavy (non-hydrogen) atoms. The van der Waals surface area contributed by atoms with E-state index in [4.69, 9.17) is 17.3 Å². The van der Waals surface area contributed by atoms with Crippen molar-refractivity contribution < 1.29 is 19.8 Å². The van der Waals surface area contributed by atoms with Crippen molar-refractivity contribution in [3.8, 4) is 0 Å². The zero-order valence-electron chi connectivity index (χ0n) is 23.3. The Kier molecular flexibility index (Phi) is 6.63. The van der Waals surface area contributed by atoms with Gasteiger partial charge in [-0.05, 0) is 87.7 Å². The second-order valence-corrected chi connectivity index (χ2v) is 14.2. The highest BCUT2D eigenvalue weighted by Crippen LogP contribution is 2.81. The number of hydrogen-bond donors (Lipinski definition) is 4. The Labute approximate surface area is 236 Å². The Morgan fingerprint density at radius 2 is 2.00 bits per heavy atom. The fourth-order valence-corrected chi connectivity index (χ4v) is 9.37. The van der Waals surface area contributed by atoms with Crippen molar-refractivity contribution in [2.24, 2.45) is 34.8 Å². The molecule has 9 atom stereocenters. The normalized spacial score (nSPS) is 38.4. The summed E-state index contributed by atoms with van der Waals surface area (Å²) in [7, 11) is 0. The number of amides is 2. The molecule has 9 heteroatoms. The zero-order chi connectivity index (χ0) is 27.9. The van der Waals surface area contributed by atoms with E-state index >= 15 is 0 Å². The van der Waals surface area contributed by atoms with Crippen LogP contribution in [-0.2, 0) is 9.59 Å². The van der Waals surface area contributed by atoms with E-state index in [1.54, 1.807) is 11.0 Å². The van der Waals surface area contributed by atoms with E-state index in [0.29, 0.717) is 48.0 Å². The molecule has 5 fully saturated rings. The predicted molar refractivity (Wildman–Crippen MR) is 150 cm³/mol. The van der Waals surface area contributed by atoms with Crippen molar-refractivity contribution in [2.75, 3.05) is 24.5 Å². The average Bonchev–Trinajstić information content (AvgIpc) is 3.32. The van der Waals surface area contributed by atoms with Gasteiger partial charge in [0.2, 0.25) is 11.8 Å². The Hall–Kier alpha value is -1.71. The van der Waals surface area contributed by atoms with Gasteiger partial charge in [0.15, 0.2) is 0 Å². The number of nitrogens with two attached hydrogens (primary N) is 1. The summed E-state index contributed by atoms with van der Waals surface area (Å²) in [6.07, 6.45) is 3.84. The SMILES string of the molecule is CCC(C[C@H](O)[C@@H](N)CN1CC(=O)N(c2ccccc2Cl)CC1(C)C)C(=O)NC1C2CC3CC4(O)CC1C32C4. The highest BCUT2D eigenvalue weighted by atomic mass is 35.5. The van der Waals surface area contributed by atoms with Crippen LogP contribution < -0.4 is 16.0 Å². The van der Waals surface area contributed by atoms with Gasteiger partial charge in [0.1, 0.15) is 0 Å². The molecule has 5 aliphatic rings. The predicted octanol–water partition coefficient (Wildman–Crippen LogP) is 2.54. The molecule has 214 valence electrons. The van der Waals surface area contributed by atoms with Gasteiger partial charge in [-0.15, -0.1) is 0 Å². The highest BCUT2D eigenvalue weighted by molar-refractivity contribution is 6.33. The number of aliphatic hydroxyl groups is 2. The number of rotatable bonds is 9. The van der Waals surface area contributed by atoms with Crippen molar-refractivity contribution in [3.63, 3.8) is 0 Å². The van der Waals surface area contributed by atoms with Gasteiger partial charge in [-0.25, -0.2) is 0 Å². The van der Waals surface area contributed by atoms with E-state index in [-0.39, 0.29) is 47.7 Å². The highest BCUT2D eigenvalue weighted by Gasteiger charge is 2.81. The van der Waals surface area contributed by atoms with E-state index in [2.05, 4.69) is 19.2 Å². The van der Waals surface area contributed by atoms with E-state index in [1.807, 2.05) is 30.0 Å². The third kappa shape index (κ3) is 4.24. The molecular weight excluding hydrogens is 516 g/mol. The largest absolute Gasteiger partial charge is 0.391 e. The summed E-state index contributed by atoms with van der Waals surface area (Å²) < 4.78 is 0. The molecule has 1 aliphatic heterocycles. The number of benzene rings is 1. The van der Waals surface area contributed by atoms with Gasteiger partial charge in [0, 0.05) is 36.6 Å². The van der Waals surface area contributed by atoms with Gasteiger partial charge in [0.25, 0.3) is 0 Å². The van der Waals surface area contributed by atoms with Crippen LogP contribution in [0.5, 0.6) is 0 Å². The van der Waals surface area contributed by atoms with Crippen LogP contribution in [0.2, 0.25) is 5.02 Å². The van der Waals surface area contributed by atoms with Crippen LogP contribution in [0.3, 0.4) is 0 Å². The van der Waals surface area contributed by atoms with Gasteiger partial charge in [-0.2, -0.15) is 0 Å². The fourth-order valence-electron chi connectivity index (χ4n) is 9.13. The molecule has 2 amide bonds. The Morgan fingerprint density at radius 1 is 1.26 bits per heavy atom. The number of carbonyl (C=O) groups excluding carboxylic acids is 2. The summed E-state index contributed by atoms with van der Waals surface area (Å²) in [4.78, 5) is 30.1. The molecule has 8 nitrogen and oxygen atoms in total. The van der Waals surface area contributed by atoms with Crippen LogP contribution in [0.15, 0.2) is 24.3 Å². The molecule has 1 heterocycles. The first-order chi connectivity index (χ1) is 18.4. The number of fused-ring (bicyclic) bond motifs is 1. The van der Waals surface area contributed by atoms with Crippen LogP contribution in [-0.4, -0.2) is 75.9 Å². The second-order valence-electron chi connectivity index (χ2n) is 13.8. The zero-order valence-corrected chi connectivity index (χ0v) is 24.0. The number of piperazine rings is 1. The van der Waals surface area contributed by atoms with Crippen molar-refractivity contribution in [3.05, 3.63) is 29.3 Å². The maximum absolute atomic E-state index is 13.3. The number of nitrogens with zero attached hydrogens (tertiary/aromatic N) is 2. The molecule has 1 aromatic carbocycles. The Balaban J connectivity index is 1.04. The molecule has 4 aliphatic carbocycles. The lowest BCUT2D eigenvalue weighted by Gasteiger charge is -2.70. The first-order valence-corrected chi connectivity index (χ1v) is 15.0. The molecule has 1 aromatic rings. The lowest BCUT2D eigenvalue weighted by molar-refractivity contribution is -0.208. The van der Waals surface area contributed by atoms with E-state index < -0.39 is 17.7 Å². The molecule has 0 aromatic heterocycles. The summed E-state index contributed by atoms with van der Waals surface area (Å²) in [6, 6.07) is 6.91. The van der Waals surface area contributed by atoms with E-state index in [1.165, 1.54) is 0 Å². The monoisotopic (exact) mass is 558 g/mol. The van der Waals surface area contributed by atoms with Crippen LogP contribution in [0.4, 0.5) is 5.69 Å². The smallest absolute Gasteiger partial charge is 0.241 e. The number of halogens is 1. The molecule has 6 rings (SSSR count). The topological polar surface area (TPSA) is 119 Å². The maximum Gasteiger partial charge on any atom is 0.241 e. The number of hydrogen-bond acceptors (Lipinski definition) is 6. The van der Waals surface area contributed by atoms with Gasteiger partial charge in [0.05, 0.1) is 29.0 Å². The van der Waals surface area contributed by atoms with E-state index in [0.717, 1.165) is 25.7 Å². The first kappa shape index (κ1) is 27.5. The molecule has 1 spiro atoms. The van der Waals surface area contributed by atoms with Gasteiger partial charge in [-0.1, -0.05) is 30.7 Å². The van der Waals surface area contributed by atoms with Crippen molar-refractivity contribution >= 4 is 29.1 Å². The average molecular weight is 559 g/mol. The maximum atomic E-state index is 13.3. The van der Waals surface area contributed by atoms with E-state index in [9.17, 15) is 19.8 Å². The Bertz CT molecular complexity index is 1160. The van der Waals surface area contributed by atoms with Gasteiger partial charge in [-0.3, -0.25) is 14.5 Å². The minimum Gasteiger partial charge on any atom is -0.391 e. The Morgan fingerprint density at radius 3 is 2.69 bits per heavy atom. The standard InChI is InChI=1S/C30H43ClN4O4/c1-4-17(27(38)33-26-19-10-18-11-29(39)12-20(26)30(18,19)15-29)9-24(36)22(32)13-34-14-25(37)35(16-28(34,2)3)23-8-6-5-7-21(23)31/h5-8,17-20,22,24,26,36,39H,4,9-16,32H2,1-3H3,(H,33,38)/t17?,18?,19?,20?,22-,24-,26?,29?,30?/m0/s1. The first-order valence-electron chi connectivity index (χ1n) is 14.6. The van der Waals surface area contributed by atoms with Crippen molar-refractivity contribution in [1.29, 1.82) is 0 Å². The molecule has 0 radical (unpaired) electrons. The van der Waals surface area contributed by atoms with Crippen molar-refractivity contribution in [1.82, 2.24) is 10.2 Å². The quantitative estimate of drug-likeness (QED) is 0.370. The second kappa shape index (κ2) is 9.41. The summed E-state index contributed by atoms with van der Waals surface area (Å²) in [5, 5.41) is 25.8. The van der Waals surface area contributed by atoms with Crippen LogP contribution >= 0.6 is 11.6 Å². The summed E-state index contributed by atoms with van der Waals surface area (Å²) in [5.74, 6) is 1.15. The fraction of sp³-hybridized carbons (Fsp3) is 0.733. The minimum absolute atomic E-state index is 0.00863. The number of anilines is 1. The van der Waals surface area contributed by atoms with Crippen LogP contribution in [0.25, 0.3) is 0 Å². The van der Waals surface area contributed by atoms with Crippen LogP contribution in [0, 0.1) is 29.1 Å². The molecule has 1 saturated heterocycles. The number of para-hydroxylation sites is 1. The number of nitrogens with one attached hydrogen (secondary N) is 1.